The molecule has 0 radical (unpaired) electrons. The molecule has 2 aliphatic heterocycles. The molecule has 6 nitrogen and oxygen atoms in total. The lowest BCUT2D eigenvalue weighted by molar-refractivity contribution is -0.0304. The van der Waals surface area contributed by atoms with E-state index < -0.39 is 0 Å². The number of carbonyl (C=O) groups is 1. The van der Waals surface area contributed by atoms with Crippen molar-refractivity contribution in [1.82, 2.24) is 14.7 Å². The standard InChI is InChI=1S/C20H25N3O3/c1-22-18(16-5-3-2-4-6-16)17(13-21-22)19(24)23-9-12-26-15-20(14-23)7-10-25-11-8-20/h2-6,13H,7-12,14-15H2,1H3. The van der Waals surface area contributed by atoms with Crippen LogP contribution < -0.4 is 0 Å². The van der Waals surface area contributed by atoms with Crippen LogP contribution in [0.5, 0.6) is 0 Å². The maximum Gasteiger partial charge on any atom is 0.257 e. The van der Waals surface area contributed by atoms with Gasteiger partial charge in [-0.25, -0.2) is 0 Å². The maximum absolute atomic E-state index is 13.4. The minimum atomic E-state index is 0.0134. The van der Waals surface area contributed by atoms with E-state index in [1.165, 1.54) is 0 Å². The smallest absolute Gasteiger partial charge is 0.257 e. The van der Waals surface area contributed by atoms with Gasteiger partial charge in [0, 0.05) is 44.3 Å². The van der Waals surface area contributed by atoms with Crippen LogP contribution in [0.15, 0.2) is 36.5 Å². The Morgan fingerprint density at radius 3 is 2.65 bits per heavy atom. The van der Waals surface area contributed by atoms with E-state index in [4.69, 9.17) is 9.47 Å². The molecule has 2 aliphatic rings. The molecule has 138 valence electrons. The molecule has 6 heteroatoms. The van der Waals surface area contributed by atoms with E-state index in [0.717, 1.165) is 43.9 Å². The molecule has 2 aromatic rings. The van der Waals surface area contributed by atoms with Crippen LogP contribution in [0.4, 0.5) is 0 Å². The summed E-state index contributed by atoms with van der Waals surface area (Å²) in [4.78, 5) is 15.3. The maximum atomic E-state index is 13.4. The number of benzene rings is 1. The van der Waals surface area contributed by atoms with Gasteiger partial charge in [-0.1, -0.05) is 30.3 Å². The van der Waals surface area contributed by atoms with Gasteiger partial charge in [-0.05, 0) is 12.8 Å². The molecule has 0 saturated carbocycles. The first-order valence-electron chi connectivity index (χ1n) is 9.21. The van der Waals surface area contributed by atoms with Gasteiger partial charge in [0.2, 0.25) is 0 Å². The van der Waals surface area contributed by atoms with Crippen LogP contribution in [-0.4, -0.2) is 60.1 Å². The van der Waals surface area contributed by atoms with Crippen molar-refractivity contribution in [3.63, 3.8) is 0 Å². The zero-order valence-electron chi connectivity index (χ0n) is 15.2. The summed E-state index contributed by atoms with van der Waals surface area (Å²) in [6.07, 6.45) is 3.57. The Morgan fingerprint density at radius 2 is 1.88 bits per heavy atom. The molecule has 0 bridgehead atoms. The molecule has 26 heavy (non-hydrogen) atoms. The molecule has 0 aliphatic carbocycles. The molecular weight excluding hydrogens is 330 g/mol. The second-order valence-electron chi connectivity index (χ2n) is 7.29. The van der Waals surface area contributed by atoms with E-state index in [0.29, 0.717) is 25.3 Å². The molecular formula is C20H25N3O3. The summed E-state index contributed by atoms with van der Waals surface area (Å²) < 4.78 is 13.2. The highest BCUT2D eigenvalue weighted by Gasteiger charge is 2.38. The van der Waals surface area contributed by atoms with Crippen LogP contribution in [0.2, 0.25) is 0 Å². The minimum Gasteiger partial charge on any atom is -0.381 e. The molecule has 0 unspecified atom stereocenters. The summed E-state index contributed by atoms with van der Waals surface area (Å²) in [5.41, 5.74) is 2.53. The Labute approximate surface area is 153 Å². The zero-order chi connectivity index (χ0) is 18.0. The van der Waals surface area contributed by atoms with Crippen molar-refractivity contribution in [2.24, 2.45) is 12.5 Å². The van der Waals surface area contributed by atoms with Gasteiger partial charge in [0.25, 0.3) is 5.91 Å². The van der Waals surface area contributed by atoms with Crippen molar-refractivity contribution < 1.29 is 14.3 Å². The number of ether oxygens (including phenoxy) is 2. The number of aryl methyl sites for hydroxylation is 1. The molecule has 1 amide bonds. The summed E-state index contributed by atoms with van der Waals surface area (Å²) in [7, 11) is 1.88. The Morgan fingerprint density at radius 1 is 1.12 bits per heavy atom. The highest BCUT2D eigenvalue weighted by atomic mass is 16.5. The van der Waals surface area contributed by atoms with Crippen molar-refractivity contribution in [3.05, 3.63) is 42.1 Å². The summed E-state index contributed by atoms with van der Waals surface area (Å²) in [6.45, 7) is 4.11. The Balaban J connectivity index is 1.63. The molecule has 0 N–H and O–H groups in total. The zero-order valence-corrected chi connectivity index (χ0v) is 15.2. The molecule has 1 aromatic heterocycles. The second-order valence-corrected chi connectivity index (χ2v) is 7.29. The van der Waals surface area contributed by atoms with E-state index in [1.807, 2.05) is 42.3 Å². The average Bonchev–Trinajstić information content (AvgIpc) is 2.94. The normalized spacial score (nSPS) is 20.1. The lowest BCUT2D eigenvalue weighted by Gasteiger charge is -2.38. The van der Waals surface area contributed by atoms with Crippen LogP contribution in [0.1, 0.15) is 23.2 Å². The lowest BCUT2D eigenvalue weighted by Crippen LogP contribution is -2.44. The summed E-state index contributed by atoms with van der Waals surface area (Å²) >= 11 is 0. The second kappa shape index (κ2) is 7.21. The number of hydrogen-bond donors (Lipinski definition) is 0. The molecule has 0 atom stereocenters. The average molecular weight is 355 g/mol. The predicted molar refractivity (Wildman–Crippen MR) is 97.9 cm³/mol. The SMILES string of the molecule is Cn1ncc(C(=O)N2CCOCC3(CCOCC3)C2)c1-c1ccccc1. The highest BCUT2D eigenvalue weighted by Crippen LogP contribution is 2.34. The van der Waals surface area contributed by atoms with Crippen LogP contribution in [-0.2, 0) is 16.5 Å². The van der Waals surface area contributed by atoms with E-state index in [1.54, 1.807) is 10.9 Å². The lowest BCUT2D eigenvalue weighted by atomic mass is 9.80. The number of amides is 1. The number of rotatable bonds is 2. The summed E-state index contributed by atoms with van der Waals surface area (Å²) in [5.74, 6) is 0.0355. The van der Waals surface area contributed by atoms with Crippen molar-refractivity contribution in [2.75, 3.05) is 39.5 Å². The Bertz CT molecular complexity index is 766. The van der Waals surface area contributed by atoms with E-state index in [2.05, 4.69) is 5.10 Å². The first-order chi connectivity index (χ1) is 12.7. The van der Waals surface area contributed by atoms with Gasteiger partial charge in [-0.3, -0.25) is 9.48 Å². The van der Waals surface area contributed by atoms with Gasteiger partial charge >= 0.3 is 0 Å². The number of carbonyl (C=O) groups excluding carboxylic acids is 1. The van der Waals surface area contributed by atoms with Crippen LogP contribution in [0, 0.1) is 5.41 Å². The largest absolute Gasteiger partial charge is 0.381 e. The molecule has 2 fully saturated rings. The van der Waals surface area contributed by atoms with Crippen molar-refractivity contribution in [1.29, 1.82) is 0 Å². The monoisotopic (exact) mass is 355 g/mol. The van der Waals surface area contributed by atoms with Crippen molar-refractivity contribution in [2.45, 2.75) is 12.8 Å². The third kappa shape index (κ3) is 3.27. The van der Waals surface area contributed by atoms with Gasteiger partial charge in [0.15, 0.2) is 0 Å². The Kier molecular flexibility index (Phi) is 4.78. The van der Waals surface area contributed by atoms with E-state index in [-0.39, 0.29) is 11.3 Å². The molecule has 4 rings (SSSR count). The van der Waals surface area contributed by atoms with Crippen LogP contribution >= 0.6 is 0 Å². The fourth-order valence-corrected chi connectivity index (χ4v) is 3.98. The fourth-order valence-electron chi connectivity index (χ4n) is 3.98. The first-order valence-corrected chi connectivity index (χ1v) is 9.21. The molecule has 3 heterocycles. The number of nitrogens with zero attached hydrogens (tertiary/aromatic N) is 3. The topological polar surface area (TPSA) is 56.6 Å². The quantitative estimate of drug-likeness (QED) is 0.830. The molecule has 1 aromatic carbocycles. The minimum absolute atomic E-state index is 0.0134. The molecule has 2 saturated heterocycles. The van der Waals surface area contributed by atoms with Crippen LogP contribution in [0.25, 0.3) is 11.3 Å². The van der Waals surface area contributed by atoms with Gasteiger partial charge in [0.1, 0.15) is 0 Å². The third-order valence-electron chi connectivity index (χ3n) is 5.50. The van der Waals surface area contributed by atoms with Crippen molar-refractivity contribution >= 4 is 5.91 Å². The van der Waals surface area contributed by atoms with Gasteiger partial charge in [-0.2, -0.15) is 5.10 Å². The Hall–Kier alpha value is -2.18. The third-order valence-corrected chi connectivity index (χ3v) is 5.50. The van der Waals surface area contributed by atoms with Gasteiger partial charge in [0.05, 0.1) is 30.7 Å². The van der Waals surface area contributed by atoms with E-state index in [9.17, 15) is 4.79 Å². The van der Waals surface area contributed by atoms with Crippen molar-refractivity contribution in [3.8, 4) is 11.3 Å². The number of aromatic nitrogens is 2. The first kappa shape index (κ1) is 17.2. The summed E-state index contributed by atoms with van der Waals surface area (Å²) in [6, 6.07) is 9.96. The van der Waals surface area contributed by atoms with Gasteiger partial charge < -0.3 is 14.4 Å². The summed E-state index contributed by atoms with van der Waals surface area (Å²) in [5, 5.41) is 4.35. The fraction of sp³-hybridized carbons (Fsp3) is 0.500. The van der Waals surface area contributed by atoms with Gasteiger partial charge in [-0.15, -0.1) is 0 Å². The molecule has 1 spiro atoms. The number of hydrogen-bond acceptors (Lipinski definition) is 4. The van der Waals surface area contributed by atoms with Crippen LogP contribution in [0.3, 0.4) is 0 Å². The van der Waals surface area contributed by atoms with E-state index >= 15 is 0 Å². The highest BCUT2D eigenvalue weighted by molar-refractivity contribution is 6.00. The predicted octanol–water partition coefficient (Wildman–Crippen LogP) is 2.36.